The molecule has 0 radical (unpaired) electrons. The largest absolute Gasteiger partial charge is 0.547 e. The van der Waals surface area contributed by atoms with Gasteiger partial charge in [0.15, 0.2) is 11.5 Å². The van der Waals surface area contributed by atoms with Crippen molar-refractivity contribution in [1.29, 1.82) is 0 Å². The van der Waals surface area contributed by atoms with Gasteiger partial charge in [-0.3, -0.25) is 0 Å². The Bertz CT molecular complexity index is 867. The molecular formula is C17H20N2O5S2. The molecule has 2 aromatic carbocycles. The minimum atomic E-state index is -4.36. The minimum Gasteiger partial charge on any atom is -0.493 e. The minimum absolute atomic E-state index is 0.0786. The van der Waals surface area contributed by atoms with Gasteiger partial charge in [-0.1, -0.05) is 29.5 Å². The summed E-state index contributed by atoms with van der Waals surface area (Å²) in [6, 6.07) is 11.1. The molecule has 0 amide bonds. The Balaban J connectivity index is 2.47. The third-order valence-electron chi connectivity index (χ3n) is 3.17. The van der Waals surface area contributed by atoms with E-state index in [0.717, 1.165) is 19.9 Å². The molecule has 0 fully saturated rings. The zero-order valence-electron chi connectivity index (χ0n) is 14.7. The molecule has 0 unspecified atom stereocenters. The summed E-state index contributed by atoms with van der Waals surface area (Å²) in [7, 11) is -4.36. The Kier molecular flexibility index (Phi) is 6.87. The lowest BCUT2D eigenvalue weighted by Crippen LogP contribution is -2.69. The van der Waals surface area contributed by atoms with Crippen LogP contribution in [0.25, 0.3) is 5.53 Å². The van der Waals surface area contributed by atoms with Crippen molar-refractivity contribution >= 4 is 22.1 Å². The molecule has 0 spiro atoms. The monoisotopic (exact) mass is 396 g/mol. The number of nitrogens with one attached hydrogen (secondary N) is 1. The van der Waals surface area contributed by atoms with E-state index in [-0.39, 0.29) is 11.5 Å². The number of ether oxygens (including phenoxy) is 2. The first-order valence-corrected chi connectivity index (χ1v) is 10.1. The van der Waals surface area contributed by atoms with Gasteiger partial charge in [0.05, 0.1) is 18.1 Å². The van der Waals surface area contributed by atoms with Crippen molar-refractivity contribution in [2.75, 3.05) is 13.2 Å². The third kappa shape index (κ3) is 5.37. The van der Waals surface area contributed by atoms with E-state index in [0.29, 0.717) is 19.0 Å². The molecule has 0 atom stereocenters. The first kappa shape index (κ1) is 20.1. The van der Waals surface area contributed by atoms with E-state index >= 15 is 0 Å². The molecule has 0 saturated carbocycles. The molecule has 9 heteroatoms. The Morgan fingerprint density at radius 3 is 2.19 bits per heavy atom. The molecular weight excluding hydrogens is 376 g/mol. The number of aryl methyl sites for hydroxylation is 1. The number of hydrogen-bond acceptors (Lipinski definition) is 6. The lowest BCUT2D eigenvalue weighted by molar-refractivity contribution is -0.305. The molecule has 140 valence electrons. The highest BCUT2D eigenvalue weighted by Gasteiger charge is 2.21. The number of benzene rings is 2. The normalized spacial score (nSPS) is 11.0. The van der Waals surface area contributed by atoms with E-state index < -0.39 is 10.3 Å². The van der Waals surface area contributed by atoms with Gasteiger partial charge in [0, 0.05) is 17.0 Å². The van der Waals surface area contributed by atoms with Gasteiger partial charge in [-0.15, -0.1) is 8.42 Å². The fraction of sp³-hybridized carbons (Fsp3) is 0.294. The standard InChI is InChI=1S/C17H20N2O5S2/c1-4-22-14-11-17(25-13-8-6-12(3)7-9-13)16(23-5-2)10-15(14)24-26(20,21)19-18/h6-11,19H,4-5H2,1-3H3. The van der Waals surface area contributed by atoms with E-state index in [1.54, 1.807) is 13.0 Å². The highest BCUT2D eigenvalue weighted by Crippen LogP contribution is 2.43. The number of rotatable bonds is 9. The SMILES string of the molecule is CCOc1cc(Sc2ccc(C)cc2)c(OCC)cc1OS(=O)(=O)[NH+]=[N-]. The lowest BCUT2D eigenvalue weighted by atomic mass is 10.2. The zero-order chi connectivity index (χ0) is 19.2. The fourth-order valence-corrected chi connectivity index (χ4v) is 3.39. The Morgan fingerprint density at radius 2 is 1.62 bits per heavy atom. The molecule has 0 bridgehead atoms. The molecule has 0 aliphatic rings. The van der Waals surface area contributed by atoms with Crippen molar-refractivity contribution < 1.29 is 26.6 Å². The van der Waals surface area contributed by atoms with Crippen LogP contribution >= 0.6 is 11.8 Å². The summed E-state index contributed by atoms with van der Waals surface area (Å²) >= 11 is 1.46. The van der Waals surface area contributed by atoms with E-state index in [2.05, 4.69) is 0 Å². The van der Waals surface area contributed by atoms with Crippen LogP contribution in [0.2, 0.25) is 0 Å². The van der Waals surface area contributed by atoms with Crippen LogP contribution in [-0.2, 0) is 10.3 Å². The predicted molar refractivity (Wildman–Crippen MR) is 98.0 cm³/mol. The quantitative estimate of drug-likeness (QED) is 0.655. The van der Waals surface area contributed by atoms with Crippen LogP contribution in [0.5, 0.6) is 17.2 Å². The summed E-state index contributed by atoms with van der Waals surface area (Å²) in [4.78, 5) is 1.75. The molecule has 0 aliphatic heterocycles. The Labute approximate surface area is 157 Å². The molecule has 0 heterocycles. The van der Waals surface area contributed by atoms with Crippen LogP contribution in [0.1, 0.15) is 19.4 Å². The molecule has 2 rings (SSSR count). The van der Waals surface area contributed by atoms with E-state index in [9.17, 15) is 8.42 Å². The van der Waals surface area contributed by atoms with Gasteiger partial charge in [-0.05, 0) is 32.9 Å². The molecule has 2 aromatic rings. The van der Waals surface area contributed by atoms with Crippen LogP contribution in [0, 0.1) is 6.92 Å². The van der Waals surface area contributed by atoms with Gasteiger partial charge in [0.25, 0.3) is 0 Å². The van der Waals surface area contributed by atoms with Crippen molar-refractivity contribution in [3.63, 3.8) is 0 Å². The van der Waals surface area contributed by atoms with E-state index in [1.165, 1.54) is 17.8 Å². The summed E-state index contributed by atoms with van der Waals surface area (Å²) in [5, 5.41) is 0. The molecule has 1 N–H and O–H groups in total. The highest BCUT2D eigenvalue weighted by atomic mass is 32.2. The van der Waals surface area contributed by atoms with Crippen LogP contribution in [0.4, 0.5) is 0 Å². The maximum Gasteiger partial charge on any atom is 0.547 e. The van der Waals surface area contributed by atoms with Crippen molar-refractivity contribution in [2.45, 2.75) is 30.6 Å². The summed E-state index contributed by atoms with van der Waals surface area (Å²) in [5.74, 6) is 0.596. The van der Waals surface area contributed by atoms with Gasteiger partial charge in [-0.25, -0.2) is 0 Å². The van der Waals surface area contributed by atoms with Crippen LogP contribution in [-0.4, -0.2) is 21.6 Å². The maximum absolute atomic E-state index is 11.5. The summed E-state index contributed by atoms with van der Waals surface area (Å²) in [6.45, 7) is 6.30. The first-order chi connectivity index (χ1) is 12.4. The van der Waals surface area contributed by atoms with Gasteiger partial charge in [-0.2, -0.15) is 4.52 Å². The van der Waals surface area contributed by atoms with E-state index in [4.69, 9.17) is 19.2 Å². The second-order valence-electron chi connectivity index (χ2n) is 5.16. The van der Waals surface area contributed by atoms with Gasteiger partial charge < -0.3 is 19.2 Å². The highest BCUT2D eigenvalue weighted by molar-refractivity contribution is 7.99. The smallest absolute Gasteiger partial charge is 0.493 e. The topological polar surface area (TPSA) is 98.1 Å². The number of nitrogens with zero attached hydrogens (tertiary/aromatic N) is 1. The lowest BCUT2D eigenvalue weighted by Gasteiger charge is -2.15. The summed E-state index contributed by atoms with van der Waals surface area (Å²) in [5.41, 5.74) is 9.83. The molecule has 0 aliphatic carbocycles. The molecule has 26 heavy (non-hydrogen) atoms. The van der Waals surface area contributed by atoms with Crippen molar-refractivity contribution in [1.82, 2.24) is 0 Å². The molecule has 0 aromatic heterocycles. The van der Waals surface area contributed by atoms with Gasteiger partial charge in [0.1, 0.15) is 5.75 Å². The van der Waals surface area contributed by atoms with Crippen molar-refractivity contribution in [3.8, 4) is 17.2 Å². The van der Waals surface area contributed by atoms with E-state index in [1.807, 2.05) is 38.1 Å². The third-order valence-corrected chi connectivity index (χ3v) is 4.84. The summed E-state index contributed by atoms with van der Waals surface area (Å²) < 4.78 is 40.1. The van der Waals surface area contributed by atoms with Crippen molar-refractivity contribution in [2.24, 2.45) is 0 Å². The average Bonchev–Trinajstić information content (AvgIpc) is 2.60. The zero-order valence-corrected chi connectivity index (χ0v) is 16.3. The Hall–Kier alpha value is -2.26. The Morgan fingerprint density at radius 1 is 1.00 bits per heavy atom. The second-order valence-corrected chi connectivity index (χ2v) is 7.53. The molecule has 7 nitrogen and oxygen atoms in total. The summed E-state index contributed by atoms with van der Waals surface area (Å²) in [6.07, 6.45) is 0. The predicted octanol–water partition coefficient (Wildman–Crippen LogP) is 2.67. The fourth-order valence-electron chi connectivity index (χ4n) is 2.07. The van der Waals surface area contributed by atoms with Gasteiger partial charge >= 0.3 is 10.3 Å². The second kappa shape index (κ2) is 8.91. The van der Waals surface area contributed by atoms with Crippen LogP contribution in [0.15, 0.2) is 46.2 Å². The number of hydrogen-bond donors (Lipinski definition) is 1. The van der Waals surface area contributed by atoms with Crippen LogP contribution < -0.4 is 18.2 Å². The van der Waals surface area contributed by atoms with Crippen LogP contribution in [0.3, 0.4) is 0 Å². The maximum atomic E-state index is 11.5. The molecule has 0 saturated heterocycles. The first-order valence-electron chi connectivity index (χ1n) is 7.92. The van der Waals surface area contributed by atoms with Gasteiger partial charge in [0.2, 0.25) is 0 Å². The van der Waals surface area contributed by atoms with Crippen molar-refractivity contribution in [3.05, 3.63) is 47.5 Å². The average molecular weight is 396 g/mol.